The van der Waals surface area contributed by atoms with Crippen LogP contribution in [-0.4, -0.2) is 110 Å². The number of hydrogen-bond donors (Lipinski definition) is 1. The van der Waals surface area contributed by atoms with Crippen LogP contribution in [0, 0.1) is 11.3 Å². The monoisotopic (exact) mass is 529 g/mol. The maximum atomic E-state index is 12.7. The summed E-state index contributed by atoms with van der Waals surface area (Å²) < 4.78 is 5.66. The van der Waals surface area contributed by atoms with E-state index in [2.05, 4.69) is 52.5 Å². The van der Waals surface area contributed by atoms with Crippen molar-refractivity contribution in [3.63, 3.8) is 0 Å². The number of ether oxygens (including phenoxy) is 1. The average molecular weight is 530 g/mol. The molecule has 3 unspecified atom stereocenters. The Labute approximate surface area is 232 Å². The summed E-state index contributed by atoms with van der Waals surface area (Å²) in [5.74, 6) is 0.446. The van der Waals surface area contributed by atoms with Crippen LogP contribution in [0.4, 0.5) is 5.69 Å². The Hall–Kier alpha value is -1.67. The second-order valence-electron chi connectivity index (χ2n) is 13.8. The molecule has 7 nitrogen and oxygen atoms in total. The molecule has 0 spiro atoms. The molecule has 2 fully saturated rings. The number of carbonyl (C=O) groups is 1. The normalized spacial score (nSPS) is 25.5. The third-order valence-electron chi connectivity index (χ3n) is 7.37. The molecule has 2 aliphatic rings. The number of hydrogen-bond acceptors (Lipinski definition) is 7. The molecule has 3 atom stereocenters. The van der Waals surface area contributed by atoms with E-state index in [0.717, 1.165) is 90.5 Å². The van der Waals surface area contributed by atoms with Gasteiger partial charge in [-0.2, -0.15) is 0 Å². The summed E-state index contributed by atoms with van der Waals surface area (Å²) in [5.41, 5.74) is 8.03. The van der Waals surface area contributed by atoms with Gasteiger partial charge in [0.25, 0.3) is 0 Å². The quantitative estimate of drug-likeness (QED) is 0.459. The van der Waals surface area contributed by atoms with Crippen LogP contribution in [0.3, 0.4) is 0 Å². The van der Waals surface area contributed by atoms with Crippen LogP contribution < -0.4 is 5.73 Å². The SMILES string of the molecule is CC(C)(C)CN1CCCN2CCN(CC(=O)OC(C)(C)C)CCCN(CC1)CC(Cc1ccc(N)cc1)C2. The second kappa shape index (κ2) is 14.1. The summed E-state index contributed by atoms with van der Waals surface area (Å²) in [6.07, 6.45) is 3.31. The highest BCUT2D eigenvalue weighted by Crippen LogP contribution is 2.19. The molecule has 1 aromatic carbocycles. The van der Waals surface area contributed by atoms with Crippen molar-refractivity contribution in [1.82, 2.24) is 19.6 Å². The minimum Gasteiger partial charge on any atom is -0.459 e. The fourth-order valence-corrected chi connectivity index (χ4v) is 5.86. The molecule has 0 aliphatic carbocycles. The van der Waals surface area contributed by atoms with Gasteiger partial charge in [-0.1, -0.05) is 32.9 Å². The summed E-state index contributed by atoms with van der Waals surface area (Å²) in [4.78, 5) is 23.0. The lowest BCUT2D eigenvalue weighted by atomic mass is 9.96. The molecule has 7 heteroatoms. The molecule has 2 bridgehead atoms. The topological polar surface area (TPSA) is 65.3 Å². The van der Waals surface area contributed by atoms with E-state index in [1.54, 1.807) is 0 Å². The van der Waals surface area contributed by atoms with E-state index >= 15 is 0 Å². The number of nitrogens with two attached hydrogens (primary N) is 1. The van der Waals surface area contributed by atoms with E-state index in [1.807, 2.05) is 32.9 Å². The summed E-state index contributed by atoms with van der Waals surface area (Å²) in [5, 5.41) is 0. The molecular formula is C31H55N5O2. The van der Waals surface area contributed by atoms with E-state index in [4.69, 9.17) is 10.5 Å². The Balaban J connectivity index is 1.77. The molecular weight excluding hydrogens is 474 g/mol. The van der Waals surface area contributed by atoms with Gasteiger partial charge in [-0.3, -0.25) is 9.69 Å². The largest absolute Gasteiger partial charge is 0.459 e. The van der Waals surface area contributed by atoms with Crippen LogP contribution in [0.15, 0.2) is 24.3 Å². The second-order valence-corrected chi connectivity index (χ2v) is 13.8. The molecule has 1 aromatic rings. The highest BCUT2D eigenvalue weighted by Gasteiger charge is 2.25. The zero-order valence-corrected chi connectivity index (χ0v) is 25.2. The smallest absolute Gasteiger partial charge is 0.320 e. The Morgan fingerprint density at radius 3 is 1.92 bits per heavy atom. The van der Waals surface area contributed by atoms with Crippen molar-refractivity contribution in [1.29, 1.82) is 0 Å². The van der Waals surface area contributed by atoms with Gasteiger partial charge in [0.05, 0.1) is 6.54 Å². The lowest BCUT2D eigenvalue weighted by molar-refractivity contribution is -0.156. The van der Waals surface area contributed by atoms with Gasteiger partial charge in [-0.15, -0.1) is 0 Å². The van der Waals surface area contributed by atoms with E-state index in [0.29, 0.717) is 17.9 Å². The number of nitrogens with zero attached hydrogens (tertiary/aromatic N) is 4. The summed E-state index contributed by atoms with van der Waals surface area (Å²) >= 11 is 0. The van der Waals surface area contributed by atoms with Crippen LogP contribution in [0.2, 0.25) is 0 Å². The standard InChI is InChI=1S/C31H55N5O2/c1-30(2,3)25-36-16-8-14-33-17-18-35(24-29(37)38-31(4,5)6)15-7-13-34(19-20-36)23-27(22-33)21-26-9-11-28(32)12-10-26/h9-12,27H,7-8,13-25,32H2,1-6H3. The Kier molecular flexibility index (Phi) is 11.5. The van der Waals surface area contributed by atoms with Crippen molar-refractivity contribution in [2.45, 2.75) is 66.4 Å². The highest BCUT2D eigenvalue weighted by molar-refractivity contribution is 5.72. The molecule has 2 N–H and O–H groups in total. The van der Waals surface area contributed by atoms with Gasteiger partial charge in [-0.05, 0) is 88.7 Å². The van der Waals surface area contributed by atoms with E-state index < -0.39 is 5.60 Å². The van der Waals surface area contributed by atoms with E-state index in [-0.39, 0.29) is 5.97 Å². The lowest BCUT2D eigenvalue weighted by Crippen LogP contribution is -2.43. The van der Waals surface area contributed by atoms with Crippen LogP contribution >= 0.6 is 0 Å². The van der Waals surface area contributed by atoms with Gasteiger partial charge in [-0.25, -0.2) is 0 Å². The van der Waals surface area contributed by atoms with Crippen molar-refractivity contribution >= 4 is 11.7 Å². The van der Waals surface area contributed by atoms with E-state index in [1.165, 1.54) is 12.0 Å². The first-order valence-corrected chi connectivity index (χ1v) is 14.8. The molecule has 0 aromatic heterocycles. The molecule has 0 amide bonds. The highest BCUT2D eigenvalue weighted by atomic mass is 16.6. The van der Waals surface area contributed by atoms with Crippen molar-refractivity contribution < 1.29 is 9.53 Å². The number of carbonyl (C=O) groups excluding carboxylic acids is 1. The zero-order chi connectivity index (χ0) is 27.8. The fraction of sp³-hybridized carbons (Fsp3) is 0.774. The number of nitrogen functional groups attached to an aromatic ring is 1. The van der Waals surface area contributed by atoms with E-state index in [9.17, 15) is 4.79 Å². The minimum atomic E-state index is -0.445. The third kappa shape index (κ3) is 12.0. The fourth-order valence-electron chi connectivity index (χ4n) is 5.86. The lowest BCUT2D eigenvalue weighted by Gasteiger charge is -2.33. The van der Waals surface area contributed by atoms with Gasteiger partial charge >= 0.3 is 5.97 Å². The molecule has 2 aliphatic heterocycles. The first-order valence-electron chi connectivity index (χ1n) is 14.8. The molecule has 2 heterocycles. The molecule has 3 rings (SSSR count). The van der Waals surface area contributed by atoms with Gasteiger partial charge in [0, 0.05) is 58.0 Å². The predicted molar refractivity (Wildman–Crippen MR) is 158 cm³/mol. The number of benzene rings is 1. The Morgan fingerprint density at radius 1 is 0.816 bits per heavy atom. The number of rotatable bonds is 5. The average Bonchev–Trinajstić information content (AvgIpc) is 2.84. The van der Waals surface area contributed by atoms with Gasteiger partial charge < -0.3 is 25.2 Å². The van der Waals surface area contributed by atoms with Gasteiger partial charge in [0.1, 0.15) is 5.60 Å². The number of anilines is 1. The predicted octanol–water partition coefficient (Wildman–Crippen LogP) is 3.83. The number of fused-ring (bicyclic) bond motifs is 4. The van der Waals surface area contributed by atoms with Crippen molar-refractivity contribution in [3.8, 4) is 0 Å². The van der Waals surface area contributed by atoms with Gasteiger partial charge in [0.15, 0.2) is 0 Å². The maximum absolute atomic E-state index is 12.7. The summed E-state index contributed by atoms with van der Waals surface area (Å²) in [7, 11) is 0. The first-order chi connectivity index (χ1) is 17.8. The minimum absolute atomic E-state index is 0.115. The maximum Gasteiger partial charge on any atom is 0.320 e. The van der Waals surface area contributed by atoms with Crippen molar-refractivity contribution in [2.75, 3.05) is 84.3 Å². The zero-order valence-electron chi connectivity index (χ0n) is 25.2. The first kappa shape index (κ1) is 30.9. The van der Waals surface area contributed by atoms with Crippen LogP contribution in [0.5, 0.6) is 0 Å². The Bertz CT molecular complexity index is 845. The summed E-state index contributed by atoms with van der Waals surface area (Å²) in [6.45, 7) is 24.9. The molecule has 2 saturated heterocycles. The van der Waals surface area contributed by atoms with Gasteiger partial charge in [0.2, 0.25) is 0 Å². The van der Waals surface area contributed by atoms with Crippen molar-refractivity contribution in [2.24, 2.45) is 11.3 Å². The Morgan fingerprint density at radius 2 is 1.37 bits per heavy atom. The molecule has 216 valence electrons. The summed E-state index contributed by atoms with van der Waals surface area (Å²) in [6, 6.07) is 8.45. The molecule has 0 radical (unpaired) electrons. The molecule has 0 saturated carbocycles. The van der Waals surface area contributed by atoms with Crippen molar-refractivity contribution in [3.05, 3.63) is 29.8 Å². The third-order valence-corrected chi connectivity index (χ3v) is 7.37. The molecule has 38 heavy (non-hydrogen) atoms. The van der Waals surface area contributed by atoms with Crippen LogP contribution in [0.1, 0.15) is 59.9 Å². The van der Waals surface area contributed by atoms with Crippen LogP contribution in [-0.2, 0) is 16.0 Å². The van der Waals surface area contributed by atoms with Crippen LogP contribution in [0.25, 0.3) is 0 Å². The number of esters is 1.